The zero-order valence-electron chi connectivity index (χ0n) is 10.4. The molecule has 0 atom stereocenters. The van der Waals surface area contributed by atoms with Gasteiger partial charge in [0.1, 0.15) is 10.6 Å². The molecule has 0 saturated heterocycles. The minimum Gasteiger partial charge on any atom is -0.507 e. The van der Waals surface area contributed by atoms with Gasteiger partial charge in [-0.05, 0) is 25.0 Å². The molecule has 0 aliphatic carbocycles. The van der Waals surface area contributed by atoms with E-state index in [9.17, 15) is 13.5 Å². The summed E-state index contributed by atoms with van der Waals surface area (Å²) in [5.41, 5.74) is 0. The third-order valence-corrected chi connectivity index (χ3v) is 3.77. The number of hydrogen-bond acceptors (Lipinski definition) is 4. The minimum absolute atomic E-state index is 0.0977. The van der Waals surface area contributed by atoms with Gasteiger partial charge in [0, 0.05) is 19.8 Å². The maximum Gasteiger partial charge on any atom is 0.244 e. The summed E-state index contributed by atoms with van der Waals surface area (Å²) < 4.78 is 31.3. The molecule has 0 radical (unpaired) electrons. The van der Waals surface area contributed by atoms with Crippen LogP contribution in [-0.2, 0) is 14.8 Å². The third kappa shape index (κ3) is 4.64. The number of benzene rings is 1. The summed E-state index contributed by atoms with van der Waals surface area (Å²) in [4.78, 5) is -0.0977. The first kappa shape index (κ1) is 14.9. The van der Waals surface area contributed by atoms with E-state index in [-0.39, 0.29) is 10.6 Å². The number of nitrogens with one attached hydrogen (secondary N) is 1. The highest BCUT2D eigenvalue weighted by Gasteiger charge is 2.16. The lowest BCUT2D eigenvalue weighted by Crippen LogP contribution is -2.25. The van der Waals surface area contributed by atoms with Crippen molar-refractivity contribution in [3.05, 3.63) is 24.3 Å². The fraction of sp³-hybridized carbons (Fsp3) is 0.500. The Morgan fingerprint density at radius 2 is 2.00 bits per heavy atom. The number of phenols is 1. The molecule has 0 spiro atoms. The van der Waals surface area contributed by atoms with E-state index < -0.39 is 10.0 Å². The van der Waals surface area contributed by atoms with Crippen LogP contribution in [0.4, 0.5) is 0 Å². The van der Waals surface area contributed by atoms with Crippen molar-refractivity contribution >= 4 is 10.0 Å². The predicted molar refractivity (Wildman–Crippen MR) is 69.0 cm³/mol. The number of rotatable bonds is 8. The van der Waals surface area contributed by atoms with Crippen molar-refractivity contribution < 1.29 is 18.3 Å². The van der Waals surface area contributed by atoms with E-state index >= 15 is 0 Å². The van der Waals surface area contributed by atoms with E-state index in [1.54, 1.807) is 12.1 Å². The summed E-state index contributed by atoms with van der Waals surface area (Å²) in [5, 5.41) is 9.47. The first-order valence-electron chi connectivity index (χ1n) is 5.93. The quantitative estimate of drug-likeness (QED) is 0.704. The van der Waals surface area contributed by atoms with Gasteiger partial charge in [-0.1, -0.05) is 19.1 Å². The molecule has 0 heterocycles. The molecular formula is C12H19NO4S. The second-order valence-corrected chi connectivity index (χ2v) is 5.57. The molecule has 102 valence electrons. The summed E-state index contributed by atoms with van der Waals surface area (Å²) in [6.07, 6.45) is 1.55. The molecule has 1 rings (SSSR count). The molecule has 18 heavy (non-hydrogen) atoms. The van der Waals surface area contributed by atoms with Crippen molar-refractivity contribution in [3.8, 4) is 5.75 Å². The molecule has 1 aromatic rings. The van der Waals surface area contributed by atoms with E-state index in [2.05, 4.69) is 4.72 Å². The van der Waals surface area contributed by atoms with Crippen LogP contribution in [0.3, 0.4) is 0 Å². The number of aromatic hydroxyl groups is 1. The Labute approximate surface area is 108 Å². The molecule has 0 fully saturated rings. The van der Waals surface area contributed by atoms with Crippen molar-refractivity contribution in [2.75, 3.05) is 19.8 Å². The Kier molecular flexibility index (Phi) is 6.11. The van der Waals surface area contributed by atoms with E-state index in [4.69, 9.17) is 4.74 Å². The van der Waals surface area contributed by atoms with Gasteiger partial charge in [-0.15, -0.1) is 0 Å². The molecule has 2 N–H and O–H groups in total. The Balaban J connectivity index is 2.44. The summed E-state index contributed by atoms with van der Waals surface area (Å²) in [5.74, 6) is -0.243. The molecule has 0 aliphatic rings. The zero-order chi connectivity index (χ0) is 13.4. The lowest BCUT2D eigenvalue weighted by Gasteiger charge is -2.08. The fourth-order valence-electron chi connectivity index (χ4n) is 1.39. The largest absolute Gasteiger partial charge is 0.507 e. The Morgan fingerprint density at radius 3 is 2.67 bits per heavy atom. The van der Waals surface area contributed by atoms with Crippen molar-refractivity contribution in [2.24, 2.45) is 0 Å². The summed E-state index contributed by atoms with van der Waals surface area (Å²) >= 11 is 0. The highest BCUT2D eigenvalue weighted by molar-refractivity contribution is 7.89. The van der Waals surface area contributed by atoms with Crippen LogP contribution in [0.25, 0.3) is 0 Å². The summed E-state index contributed by atoms with van der Waals surface area (Å²) in [6, 6.07) is 5.86. The number of hydrogen-bond donors (Lipinski definition) is 2. The summed E-state index contributed by atoms with van der Waals surface area (Å²) in [7, 11) is -3.64. The maximum absolute atomic E-state index is 11.8. The van der Waals surface area contributed by atoms with Gasteiger partial charge in [-0.2, -0.15) is 0 Å². The second-order valence-electron chi connectivity index (χ2n) is 3.83. The molecule has 0 bridgehead atoms. The van der Waals surface area contributed by atoms with Crippen molar-refractivity contribution in [2.45, 2.75) is 24.7 Å². The van der Waals surface area contributed by atoms with Crippen LogP contribution in [0, 0.1) is 0 Å². The average molecular weight is 273 g/mol. The normalized spacial score (nSPS) is 11.6. The molecule has 5 nitrogen and oxygen atoms in total. The van der Waals surface area contributed by atoms with Gasteiger partial charge in [-0.3, -0.25) is 0 Å². The Morgan fingerprint density at radius 1 is 1.28 bits per heavy atom. The highest BCUT2D eigenvalue weighted by atomic mass is 32.2. The highest BCUT2D eigenvalue weighted by Crippen LogP contribution is 2.20. The van der Waals surface area contributed by atoms with Crippen LogP contribution in [0.5, 0.6) is 5.75 Å². The number of phenolic OH excluding ortho intramolecular Hbond substituents is 1. The van der Waals surface area contributed by atoms with Gasteiger partial charge in [0.15, 0.2) is 0 Å². The van der Waals surface area contributed by atoms with Crippen molar-refractivity contribution in [1.29, 1.82) is 0 Å². The number of para-hydroxylation sites is 1. The van der Waals surface area contributed by atoms with Gasteiger partial charge in [0.25, 0.3) is 0 Å². The number of ether oxygens (including phenoxy) is 1. The van der Waals surface area contributed by atoms with Crippen LogP contribution < -0.4 is 4.72 Å². The standard InChI is InChI=1S/C12H19NO4S/c1-2-9-17-10-5-8-13-18(15,16)12-7-4-3-6-11(12)14/h3-4,6-7,13-14H,2,5,8-10H2,1H3. The van der Waals surface area contributed by atoms with Crippen LogP contribution >= 0.6 is 0 Å². The van der Waals surface area contributed by atoms with Gasteiger partial charge in [0.2, 0.25) is 10.0 Å². The lowest BCUT2D eigenvalue weighted by molar-refractivity contribution is 0.133. The molecule has 0 saturated carbocycles. The number of sulfonamides is 1. The van der Waals surface area contributed by atoms with Crippen LogP contribution in [0.1, 0.15) is 19.8 Å². The van der Waals surface area contributed by atoms with Gasteiger partial charge >= 0.3 is 0 Å². The second kappa shape index (κ2) is 7.35. The molecule has 0 aliphatic heterocycles. The molecule has 0 amide bonds. The van der Waals surface area contributed by atoms with Gasteiger partial charge in [0.05, 0.1) is 0 Å². The van der Waals surface area contributed by atoms with Crippen molar-refractivity contribution in [3.63, 3.8) is 0 Å². The van der Waals surface area contributed by atoms with E-state index in [1.165, 1.54) is 12.1 Å². The van der Waals surface area contributed by atoms with E-state index in [0.29, 0.717) is 26.2 Å². The monoisotopic (exact) mass is 273 g/mol. The molecule has 0 unspecified atom stereocenters. The SMILES string of the molecule is CCCOCCCNS(=O)(=O)c1ccccc1O. The average Bonchev–Trinajstić information content (AvgIpc) is 2.34. The Bertz CT molecular complexity index is 459. The predicted octanol–water partition coefficient (Wildman–Crippen LogP) is 1.49. The molecule has 6 heteroatoms. The van der Waals surface area contributed by atoms with E-state index in [1.807, 2.05) is 6.92 Å². The topological polar surface area (TPSA) is 75.6 Å². The van der Waals surface area contributed by atoms with E-state index in [0.717, 1.165) is 6.42 Å². The Hall–Kier alpha value is -1.11. The summed E-state index contributed by atoms with van der Waals surface area (Å²) in [6.45, 7) is 3.52. The smallest absolute Gasteiger partial charge is 0.244 e. The van der Waals surface area contributed by atoms with Crippen LogP contribution in [0.2, 0.25) is 0 Å². The lowest BCUT2D eigenvalue weighted by atomic mass is 10.3. The first-order chi connectivity index (χ1) is 8.58. The zero-order valence-corrected chi connectivity index (χ0v) is 11.2. The van der Waals surface area contributed by atoms with Crippen LogP contribution in [-0.4, -0.2) is 33.3 Å². The minimum atomic E-state index is -3.64. The van der Waals surface area contributed by atoms with Gasteiger partial charge < -0.3 is 9.84 Å². The third-order valence-electron chi connectivity index (χ3n) is 2.26. The molecular weight excluding hydrogens is 254 g/mol. The maximum atomic E-state index is 11.8. The first-order valence-corrected chi connectivity index (χ1v) is 7.41. The van der Waals surface area contributed by atoms with Crippen LogP contribution in [0.15, 0.2) is 29.2 Å². The van der Waals surface area contributed by atoms with Crippen molar-refractivity contribution in [1.82, 2.24) is 4.72 Å². The molecule has 1 aromatic carbocycles. The van der Waals surface area contributed by atoms with Gasteiger partial charge in [-0.25, -0.2) is 13.1 Å². The fourth-order valence-corrected chi connectivity index (χ4v) is 2.56. The molecule has 0 aromatic heterocycles.